The molecule has 4 heterocycles. The van der Waals surface area contributed by atoms with Crippen LogP contribution in [0.1, 0.15) is 10.4 Å². The SMILES string of the molecule is CN(C)CCNc1cc(F)cc(-c2nccc3[nH]c(-c4n[nH]c5ccc(-c6cncc(NC(=O)c7ccccc7)c6)cc45)nc23)c1. The molecule has 3 aromatic carbocycles. The number of amides is 1. The van der Waals surface area contributed by atoms with Gasteiger partial charge in [0, 0.05) is 53.2 Å². The lowest BCUT2D eigenvalue weighted by atomic mass is 10.0. The number of anilines is 2. The third-order valence-electron chi connectivity index (χ3n) is 7.61. The minimum atomic E-state index is -0.358. The molecule has 0 aliphatic carbocycles. The monoisotopic (exact) mass is 611 g/mol. The van der Waals surface area contributed by atoms with E-state index in [0.29, 0.717) is 51.8 Å². The van der Waals surface area contributed by atoms with E-state index in [1.54, 1.807) is 30.7 Å². The first-order valence-corrected chi connectivity index (χ1v) is 14.8. The first-order valence-electron chi connectivity index (χ1n) is 14.8. The van der Waals surface area contributed by atoms with Gasteiger partial charge in [0.1, 0.15) is 17.0 Å². The molecule has 0 aliphatic heterocycles. The van der Waals surface area contributed by atoms with Crippen molar-refractivity contribution in [3.63, 3.8) is 0 Å². The number of nitrogens with zero attached hydrogens (tertiary/aromatic N) is 5. The van der Waals surface area contributed by atoms with Gasteiger partial charge in [-0.3, -0.25) is 19.9 Å². The van der Waals surface area contributed by atoms with Gasteiger partial charge < -0.3 is 20.5 Å². The average Bonchev–Trinajstić information content (AvgIpc) is 3.69. The smallest absolute Gasteiger partial charge is 0.255 e. The highest BCUT2D eigenvalue weighted by molar-refractivity contribution is 6.04. The minimum Gasteiger partial charge on any atom is -0.384 e. The van der Waals surface area contributed by atoms with E-state index < -0.39 is 0 Å². The zero-order chi connectivity index (χ0) is 31.6. The molecule has 10 nitrogen and oxygen atoms in total. The van der Waals surface area contributed by atoms with Crippen LogP contribution in [-0.2, 0) is 0 Å². The fraction of sp³-hybridized carbons (Fsp3) is 0.114. The summed E-state index contributed by atoms with van der Waals surface area (Å²) in [5, 5.41) is 14.7. The second-order valence-corrected chi connectivity index (χ2v) is 11.2. The van der Waals surface area contributed by atoms with Crippen LogP contribution < -0.4 is 10.6 Å². The Kier molecular flexibility index (Phi) is 7.65. The molecule has 11 heteroatoms. The number of aromatic amines is 2. The third-order valence-corrected chi connectivity index (χ3v) is 7.61. The van der Waals surface area contributed by atoms with Crippen molar-refractivity contribution in [1.82, 2.24) is 35.0 Å². The lowest BCUT2D eigenvalue weighted by molar-refractivity contribution is 0.102. The van der Waals surface area contributed by atoms with E-state index in [-0.39, 0.29) is 11.7 Å². The molecule has 1 amide bonds. The van der Waals surface area contributed by atoms with Crippen LogP contribution in [0, 0.1) is 5.82 Å². The van der Waals surface area contributed by atoms with Gasteiger partial charge in [-0.25, -0.2) is 9.37 Å². The number of H-pyrrole nitrogens is 2. The van der Waals surface area contributed by atoms with E-state index in [0.717, 1.165) is 34.1 Å². The van der Waals surface area contributed by atoms with Crippen LogP contribution in [0.2, 0.25) is 0 Å². The van der Waals surface area contributed by atoms with Crippen molar-refractivity contribution in [3.05, 3.63) is 109 Å². The molecule has 0 bridgehead atoms. The Labute approximate surface area is 263 Å². The van der Waals surface area contributed by atoms with Crippen molar-refractivity contribution in [2.45, 2.75) is 0 Å². The lowest BCUT2D eigenvalue weighted by Crippen LogP contribution is -2.20. The number of hydrogen-bond acceptors (Lipinski definition) is 7. The maximum atomic E-state index is 14.7. The molecule has 0 saturated heterocycles. The Balaban J connectivity index is 1.21. The van der Waals surface area contributed by atoms with Crippen molar-refractivity contribution >= 4 is 39.2 Å². The Bertz CT molecular complexity index is 2190. The summed E-state index contributed by atoms with van der Waals surface area (Å²) in [6.45, 7) is 1.49. The topological polar surface area (TPSA) is 128 Å². The molecular formula is C35H30FN9O. The largest absolute Gasteiger partial charge is 0.384 e. The van der Waals surface area contributed by atoms with Gasteiger partial charge in [0.2, 0.25) is 0 Å². The second kappa shape index (κ2) is 12.2. The normalized spacial score (nSPS) is 11.4. The number of fused-ring (bicyclic) bond motifs is 2. The number of carbonyl (C=O) groups excluding carboxylic acids is 1. The van der Waals surface area contributed by atoms with E-state index in [2.05, 4.69) is 40.7 Å². The Hall–Kier alpha value is -5.94. The van der Waals surface area contributed by atoms with Crippen LogP contribution in [0.3, 0.4) is 0 Å². The van der Waals surface area contributed by atoms with Crippen LogP contribution in [-0.4, -0.2) is 68.1 Å². The van der Waals surface area contributed by atoms with Gasteiger partial charge in [-0.05, 0) is 74.3 Å². The Morgan fingerprint density at radius 2 is 1.72 bits per heavy atom. The molecule has 0 radical (unpaired) electrons. The zero-order valence-electron chi connectivity index (χ0n) is 25.2. The molecule has 0 atom stereocenters. The summed E-state index contributed by atoms with van der Waals surface area (Å²) < 4.78 is 14.7. The van der Waals surface area contributed by atoms with Crippen molar-refractivity contribution < 1.29 is 9.18 Å². The highest BCUT2D eigenvalue weighted by Gasteiger charge is 2.17. The van der Waals surface area contributed by atoms with Crippen molar-refractivity contribution in [2.24, 2.45) is 0 Å². The van der Waals surface area contributed by atoms with E-state index in [1.807, 2.05) is 68.7 Å². The molecule has 0 aliphatic rings. The van der Waals surface area contributed by atoms with Crippen LogP contribution in [0.15, 0.2) is 97.5 Å². The number of likely N-dealkylation sites (N-methyl/N-ethyl adjacent to an activating group) is 1. The number of halogens is 1. The number of aromatic nitrogens is 6. The summed E-state index contributed by atoms with van der Waals surface area (Å²) in [4.78, 5) is 32.0. The fourth-order valence-electron chi connectivity index (χ4n) is 5.34. The molecular weight excluding hydrogens is 581 g/mol. The van der Waals surface area contributed by atoms with E-state index in [1.165, 1.54) is 12.1 Å². The van der Waals surface area contributed by atoms with Gasteiger partial charge >= 0.3 is 0 Å². The quantitative estimate of drug-likeness (QED) is 0.145. The highest BCUT2D eigenvalue weighted by atomic mass is 19.1. The standard InChI is InChI=1S/C35H30FN9O/c1-45(2)13-12-38-26-15-23(14-25(36)18-26)31-33-30(10-11-39-31)41-34(42-33)32-28-17-22(8-9-29(28)43-44-32)24-16-27(20-37-19-24)40-35(46)21-6-4-3-5-7-21/h3-11,14-20,38H,12-13H2,1-2H3,(H,40,46)(H,41,42)(H,43,44). The number of nitrogens with one attached hydrogen (secondary N) is 4. The minimum absolute atomic E-state index is 0.207. The number of pyridine rings is 2. The maximum Gasteiger partial charge on any atom is 0.255 e. The third kappa shape index (κ3) is 5.91. The number of rotatable bonds is 9. The maximum absolute atomic E-state index is 14.7. The van der Waals surface area contributed by atoms with Gasteiger partial charge in [-0.15, -0.1) is 0 Å². The van der Waals surface area contributed by atoms with E-state index >= 15 is 0 Å². The number of hydrogen-bond donors (Lipinski definition) is 4. The van der Waals surface area contributed by atoms with Gasteiger partial charge in [-0.1, -0.05) is 24.3 Å². The van der Waals surface area contributed by atoms with Crippen molar-refractivity contribution in [1.29, 1.82) is 0 Å². The van der Waals surface area contributed by atoms with Crippen molar-refractivity contribution in [3.8, 4) is 33.9 Å². The molecule has 0 spiro atoms. The predicted molar refractivity (Wildman–Crippen MR) is 179 cm³/mol. The Morgan fingerprint density at radius 1 is 0.870 bits per heavy atom. The van der Waals surface area contributed by atoms with Gasteiger partial charge in [0.25, 0.3) is 5.91 Å². The van der Waals surface area contributed by atoms with Crippen LogP contribution in [0.25, 0.3) is 55.8 Å². The molecule has 228 valence electrons. The van der Waals surface area contributed by atoms with Gasteiger partial charge in [-0.2, -0.15) is 5.10 Å². The van der Waals surface area contributed by atoms with Crippen LogP contribution in [0.5, 0.6) is 0 Å². The summed E-state index contributed by atoms with van der Waals surface area (Å²) in [5.41, 5.74) is 7.57. The first kappa shape index (κ1) is 28.8. The molecule has 7 rings (SSSR count). The summed E-state index contributed by atoms with van der Waals surface area (Å²) >= 11 is 0. The first-order chi connectivity index (χ1) is 22.4. The summed E-state index contributed by atoms with van der Waals surface area (Å²) in [5.74, 6) is -0.0141. The summed E-state index contributed by atoms with van der Waals surface area (Å²) in [6.07, 6.45) is 5.05. The molecule has 0 saturated carbocycles. The number of imidazole rings is 1. The number of benzene rings is 3. The molecule has 4 aromatic heterocycles. The van der Waals surface area contributed by atoms with Gasteiger partial charge in [0.05, 0.1) is 28.6 Å². The van der Waals surface area contributed by atoms with E-state index in [4.69, 9.17) is 4.98 Å². The number of carbonyl (C=O) groups is 1. The molecule has 0 unspecified atom stereocenters. The summed E-state index contributed by atoms with van der Waals surface area (Å²) in [6, 6.07) is 23.5. The fourth-order valence-corrected chi connectivity index (χ4v) is 5.34. The van der Waals surface area contributed by atoms with Crippen LogP contribution >= 0.6 is 0 Å². The molecule has 7 aromatic rings. The van der Waals surface area contributed by atoms with Crippen LogP contribution in [0.4, 0.5) is 15.8 Å². The highest BCUT2D eigenvalue weighted by Crippen LogP contribution is 2.33. The molecule has 4 N–H and O–H groups in total. The predicted octanol–water partition coefficient (Wildman–Crippen LogP) is 6.60. The molecule has 0 fully saturated rings. The second-order valence-electron chi connectivity index (χ2n) is 11.2. The van der Waals surface area contributed by atoms with E-state index in [9.17, 15) is 9.18 Å². The average molecular weight is 612 g/mol. The van der Waals surface area contributed by atoms with Gasteiger partial charge in [0.15, 0.2) is 5.82 Å². The Morgan fingerprint density at radius 3 is 2.57 bits per heavy atom. The summed E-state index contributed by atoms with van der Waals surface area (Å²) in [7, 11) is 3.98. The zero-order valence-corrected chi connectivity index (χ0v) is 25.2. The lowest BCUT2D eigenvalue weighted by Gasteiger charge is -2.12. The van der Waals surface area contributed by atoms with Crippen molar-refractivity contribution in [2.75, 3.05) is 37.8 Å². The molecule has 46 heavy (non-hydrogen) atoms.